The summed E-state index contributed by atoms with van der Waals surface area (Å²) in [7, 11) is 1.86. The third kappa shape index (κ3) is 4.84. The van der Waals surface area contributed by atoms with E-state index in [4.69, 9.17) is 0 Å². The highest BCUT2D eigenvalue weighted by molar-refractivity contribution is 5.50. The second kappa shape index (κ2) is 7.73. The minimum absolute atomic E-state index is 0.435. The van der Waals surface area contributed by atoms with Crippen molar-refractivity contribution in [2.45, 2.75) is 50.7 Å². The maximum Gasteiger partial charge on any atom is 0.401 e. The fourth-order valence-corrected chi connectivity index (χ4v) is 3.88. The van der Waals surface area contributed by atoms with E-state index in [0.29, 0.717) is 30.9 Å². The molecular formula is C18H26F3N7. The van der Waals surface area contributed by atoms with E-state index in [1.165, 1.54) is 4.90 Å². The lowest BCUT2D eigenvalue weighted by Crippen LogP contribution is -2.40. The number of hydrogen-bond acceptors (Lipinski definition) is 5. The van der Waals surface area contributed by atoms with E-state index in [1.807, 2.05) is 13.2 Å². The lowest BCUT2D eigenvalue weighted by Gasteiger charge is -2.32. The normalized spacial score (nSPS) is 19.3. The number of aryl methyl sites for hydroxylation is 1. The first-order chi connectivity index (χ1) is 13.4. The van der Waals surface area contributed by atoms with E-state index in [1.54, 1.807) is 10.9 Å². The molecule has 1 N–H and O–H groups in total. The molecule has 2 fully saturated rings. The van der Waals surface area contributed by atoms with Gasteiger partial charge in [-0.3, -0.25) is 14.1 Å². The molecule has 1 aliphatic heterocycles. The third-order valence-corrected chi connectivity index (χ3v) is 5.55. The Balaban J connectivity index is 1.36. The maximum absolute atomic E-state index is 12.6. The van der Waals surface area contributed by atoms with Gasteiger partial charge in [0.05, 0.1) is 18.4 Å². The molecule has 0 spiro atoms. The van der Waals surface area contributed by atoms with Crippen molar-refractivity contribution in [2.24, 2.45) is 13.0 Å². The molecule has 154 valence electrons. The van der Waals surface area contributed by atoms with Crippen LogP contribution in [0.3, 0.4) is 0 Å². The van der Waals surface area contributed by atoms with Crippen molar-refractivity contribution in [1.82, 2.24) is 29.4 Å². The van der Waals surface area contributed by atoms with Crippen LogP contribution >= 0.6 is 0 Å². The highest BCUT2D eigenvalue weighted by Gasteiger charge is 2.33. The molecule has 2 aliphatic rings. The van der Waals surface area contributed by atoms with Crippen molar-refractivity contribution in [1.29, 1.82) is 0 Å². The minimum atomic E-state index is -4.11. The summed E-state index contributed by atoms with van der Waals surface area (Å²) in [6.45, 7) is 1.02. The SMILES string of the molecule is Cn1cc(Nc2nnc(C3CC3)n2CCC2CCN(CC(F)(F)F)CC2)cn1. The first-order valence-corrected chi connectivity index (χ1v) is 9.85. The minimum Gasteiger partial charge on any atom is -0.322 e. The van der Waals surface area contributed by atoms with Crippen LogP contribution in [0.25, 0.3) is 0 Å². The van der Waals surface area contributed by atoms with Gasteiger partial charge < -0.3 is 5.32 Å². The molecule has 28 heavy (non-hydrogen) atoms. The van der Waals surface area contributed by atoms with Crippen LogP contribution in [-0.4, -0.2) is 55.3 Å². The maximum atomic E-state index is 12.6. The van der Waals surface area contributed by atoms with Gasteiger partial charge in [-0.1, -0.05) is 0 Å². The van der Waals surface area contributed by atoms with Crippen molar-refractivity contribution in [3.05, 3.63) is 18.2 Å². The molecule has 1 aliphatic carbocycles. The lowest BCUT2D eigenvalue weighted by atomic mass is 9.93. The van der Waals surface area contributed by atoms with Gasteiger partial charge >= 0.3 is 6.18 Å². The molecule has 7 nitrogen and oxygen atoms in total. The fraction of sp³-hybridized carbons (Fsp3) is 0.722. The predicted molar refractivity (Wildman–Crippen MR) is 98.3 cm³/mol. The average Bonchev–Trinajstić information content (AvgIpc) is 3.28. The molecule has 0 amide bonds. The van der Waals surface area contributed by atoms with Crippen LogP contribution in [0.2, 0.25) is 0 Å². The largest absolute Gasteiger partial charge is 0.401 e. The lowest BCUT2D eigenvalue weighted by molar-refractivity contribution is -0.148. The van der Waals surface area contributed by atoms with E-state index < -0.39 is 12.7 Å². The number of alkyl halides is 3. The van der Waals surface area contributed by atoms with Gasteiger partial charge in [-0.05, 0) is 51.1 Å². The Bertz CT molecular complexity index is 785. The topological polar surface area (TPSA) is 63.8 Å². The zero-order valence-corrected chi connectivity index (χ0v) is 16.0. The van der Waals surface area contributed by atoms with Gasteiger partial charge in [0.15, 0.2) is 0 Å². The Hall–Kier alpha value is -2.10. The van der Waals surface area contributed by atoms with Crippen LogP contribution in [0, 0.1) is 5.92 Å². The molecular weight excluding hydrogens is 371 g/mol. The number of likely N-dealkylation sites (tertiary alicyclic amines) is 1. The van der Waals surface area contributed by atoms with Crippen LogP contribution in [0.15, 0.2) is 12.4 Å². The number of aromatic nitrogens is 5. The quantitative estimate of drug-likeness (QED) is 0.777. The molecule has 1 saturated carbocycles. The second-order valence-electron chi connectivity index (χ2n) is 7.96. The highest BCUT2D eigenvalue weighted by Crippen LogP contribution is 2.40. The summed E-state index contributed by atoms with van der Waals surface area (Å²) in [6, 6.07) is 0. The van der Waals surface area contributed by atoms with Crippen LogP contribution in [0.1, 0.15) is 43.8 Å². The summed E-state index contributed by atoms with van der Waals surface area (Å²) in [4.78, 5) is 1.51. The van der Waals surface area contributed by atoms with Gasteiger partial charge in [0.1, 0.15) is 5.82 Å². The monoisotopic (exact) mass is 397 g/mol. The van der Waals surface area contributed by atoms with Gasteiger partial charge in [-0.15, -0.1) is 10.2 Å². The number of nitrogens with zero attached hydrogens (tertiary/aromatic N) is 6. The number of piperidine rings is 1. The Kier molecular flexibility index (Phi) is 5.31. The summed E-state index contributed by atoms with van der Waals surface area (Å²) in [5.41, 5.74) is 0.860. The van der Waals surface area contributed by atoms with Gasteiger partial charge in [0.2, 0.25) is 5.95 Å². The molecule has 3 heterocycles. The summed E-state index contributed by atoms with van der Waals surface area (Å²) in [6.07, 6.45) is 4.34. The van der Waals surface area contributed by atoms with Gasteiger partial charge in [0.25, 0.3) is 0 Å². The van der Waals surface area contributed by atoms with E-state index in [2.05, 4.69) is 25.2 Å². The Morgan fingerprint density at radius 2 is 1.89 bits per heavy atom. The van der Waals surface area contributed by atoms with Crippen LogP contribution in [-0.2, 0) is 13.6 Å². The van der Waals surface area contributed by atoms with E-state index in [9.17, 15) is 13.2 Å². The molecule has 2 aromatic heterocycles. The van der Waals surface area contributed by atoms with Crippen LogP contribution in [0.5, 0.6) is 0 Å². The van der Waals surface area contributed by atoms with Crippen molar-refractivity contribution in [2.75, 3.05) is 25.0 Å². The smallest absolute Gasteiger partial charge is 0.322 e. The van der Waals surface area contributed by atoms with Gasteiger partial charge in [0, 0.05) is 25.7 Å². The third-order valence-electron chi connectivity index (χ3n) is 5.55. The number of rotatable bonds is 7. The van der Waals surface area contributed by atoms with Gasteiger partial charge in [-0.25, -0.2) is 0 Å². The molecule has 0 radical (unpaired) electrons. The Labute approximate surface area is 161 Å². The van der Waals surface area contributed by atoms with Crippen molar-refractivity contribution >= 4 is 11.6 Å². The first-order valence-electron chi connectivity index (χ1n) is 9.85. The molecule has 4 rings (SSSR count). The second-order valence-corrected chi connectivity index (χ2v) is 7.96. The zero-order chi connectivity index (χ0) is 19.7. The van der Waals surface area contributed by atoms with Crippen molar-refractivity contribution in [3.8, 4) is 0 Å². The summed E-state index contributed by atoms with van der Waals surface area (Å²) in [5, 5.41) is 16.2. The number of nitrogens with one attached hydrogen (secondary N) is 1. The summed E-state index contributed by atoms with van der Waals surface area (Å²) < 4.78 is 41.5. The first kappa shape index (κ1) is 19.2. The number of anilines is 2. The summed E-state index contributed by atoms with van der Waals surface area (Å²) in [5.74, 6) is 2.64. The molecule has 10 heteroatoms. The predicted octanol–water partition coefficient (Wildman–Crippen LogP) is 3.30. The zero-order valence-electron chi connectivity index (χ0n) is 16.0. The Morgan fingerprint density at radius 3 is 2.50 bits per heavy atom. The fourth-order valence-electron chi connectivity index (χ4n) is 3.88. The number of halogens is 3. The van der Waals surface area contributed by atoms with Crippen molar-refractivity contribution in [3.63, 3.8) is 0 Å². The molecule has 2 aromatic rings. The molecule has 0 atom stereocenters. The van der Waals surface area contributed by atoms with E-state index in [0.717, 1.165) is 50.2 Å². The van der Waals surface area contributed by atoms with Crippen LogP contribution in [0.4, 0.5) is 24.8 Å². The Morgan fingerprint density at radius 1 is 1.14 bits per heavy atom. The summed E-state index contributed by atoms with van der Waals surface area (Å²) >= 11 is 0. The van der Waals surface area contributed by atoms with Gasteiger partial charge in [-0.2, -0.15) is 18.3 Å². The van der Waals surface area contributed by atoms with E-state index >= 15 is 0 Å². The number of hydrogen-bond donors (Lipinski definition) is 1. The van der Waals surface area contributed by atoms with Crippen LogP contribution < -0.4 is 5.32 Å². The molecule has 0 aromatic carbocycles. The molecule has 0 bridgehead atoms. The molecule has 1 saturated heterocycles. The standard InChI is InChI=1S/C18H26F3N7/c1-26-11-15(10-22-26)23-17-25-24-16(14-2-3-14)28(17)9-6-13-4-7-27(8-5-13)12-18(19,20)21/h10-11,13-14H,2-9,12H2,1H3,(H,23,25). The molecule has 0 unspecified atom stereocenters. The highest BCUT2D eigenvalue weighted by atomic mass is 19.4. The van der Waals surface area contributed by atoms with Crippen molar-refractivity contribution < 1.29 is 13.2 Å². The van der Waals surface area contributed by atoms with E-state index in [-0.39, 0.29) is 0 Å². The average molecular weight is 397 g/mol.